The van der Waals surface area contributed by atoms with E-state index in [1.807, 2.05) is 18.2 Å². The van der Waals surface area contributed by atoms with Crippen molar-refractivity contribution in [2.24, 2.45) is 0 Å². The average molecular weight is 268 g/mol. The van der Waals surface area contributed by atoms with Crippen LogP contribution in [0.5, 0.6) is 0 Å². The van der Waals surface area contributed by atoms with Gasteiger partial charge in [-0.2, -0.15) is 0 Å². The van der Waals surface area contributed by atoms with Crippen LogP contribution in [0.1, 0.15) is 15.9 Å². The Morgan fingerprint density at radius 1 is 0.900 bits per heavy atom. The summed E-state index contributed by atoms with van der Waals surface area (Å²) in [7, 11) is 3.32. The van der Waals surface area contributed by atoms with Gasteiger partial charge in [0.1, 0.15) is 0 Å². The second kappa shape index (κ2) is 6.02. The first-order chi connectivity index (χ1) is 9.58. The third kappa shape index (κ3) is 3.23. The molecule has 4 heteroatoms. The third-order valence-electron chi connectivity index (χ3n) is 2.82. The van der Waals surface area contributed by atoms with Crippen LogP contribution in [0, 0.1) is 0 Å². The minimum Gasteiger partial charge on any atom is -0.331 e. The lowest BCUT2D eigenvalue weighted by Gasteiger charge is -2.12. The molecule has 0 aliphatic rings. The Morgan fingerprint density at radius 2 is 1.55 bits per heavy atom. The highest BCUT2D eigenvalue weighted by Gasteiger charge is 2.10. The number of hydrogen-bond donors (Lipinski definition) is 1. The standard InChI is InChI=1S/C16H16N2O2/c1-18(2)16(20)17-14-10-6-9-13(11-14)15(19)12-7-4-3-5-8-12/h3-11H,1-2H3,(H,17,20). The zero-order valence-electron chi connectivity index (χ0n) is 11.5. The van der Waals surface area contributed by atoms with Crippen LogP contribution < -0.4 is 5.32 Å². The summed E-state index contributed by atoms with van der Waals surface area (Å²) in [5, 5.41) is 2.72. The summed E-state index contributed by atoms with van der Waals surface area (Å²) in [4.78, 5) is 25.3. The summed E-state index contributed by atoms with van der Waals surface area (Å²) in [5.41, 5.74) is 1.78. The lowest BCUT2D eigenvalue weighted by Crippen LogP contribution is -2.27. The van der Waals surface area contributed by atoms with Gasteiger partial charge < -0.3 is 10.2 Å². The van der Waals surface area contributed by atoms with Gasteiger partial charge in [-0.3, -0.25) is 4.79 Å². The molecule has 1 N–H and O–H groups in total. The molecule has 2 aromatic carbocycles. The molecule has 0 bridgehead atoms. The molecule has 2 aromatic rings. The van der Waals surface area contributed by atoms with Gasteiger partial charge in [-0.25, -0.2) is 4.79 Å². The van der Waals surface area contributed by atoms with Crippen molar-refractivity contribution >= 4 is 17.5 Å². The first kappa shape index (κ1) is 13.8. The van der Waals surface area contributed by atoms with Gasteiger partial charge in [0.15, 0.2) is 5.78 Å². The van der Waals surface area contributed by atoms with Gasteiger partial charge in [0.05, 0.1) is 0 Å². The molecule has 0 aliphatic carbocycles. The van der Waals surface area contributed by atoms with Crippen LogP contribution in [-0.4, -0.2) is 30.8 Å². The summed E-state index contributed by atoms with van der Waals surface area (Å²) in [6, 6.07) is 15.7. The first-order valence-corrected chi connectivity index (χ1v) is 6.26. The summed E-state index contributed by atoms with van der Waals surface area (Å²) >= 11 is 0. The second-order valence-electron chi connectivity index (χ2n) is 4.60. The minimum atomic E-state index is -0.227. The van der Waals surface area contributed by atoms with Gasteiger partial charge in [-0.15, -0.1) is 0 Å². The molecule has 2 rings (SSSR count). The number of benzene rings is 2. The van der Waals surface area contributed by atoms with Gasteiger partial charge in [0.25, 0.3) is 0 Å². The molecular weight excluding hydrogens is 252 g/mol. The van der Waals surface area contributed by atoms with Gasteiger partial charge in [-0.1, -0.05) is 42.5 Å². The van der Waals surface area contributed by atoms with Crippen molar-refractivity contribution in [3.63, 3.8) is 0 Å². The predicted molar refractivity (Wildman–Crippen MR) is 79.0 cm³/mol. The maximum absolute atomic E-state index is 12.3. The molecule has 0 atom stereocenters. The summed E-state index contributed by atoms with van der Waals surface area (Å²) in [6.07, 6.45) is 0. The van der Waals surface area contributed by atoms with Gasteiger partial charge in [-0.05, 0) is 12.1 Å². The minimum absolute atomic E-state index is 0.0634. The fourth-order valence-corrected chi connectivity index (χ4v) is 1.73. The SMILES string of the molecule is CN(C)C(=O)Nc1cccc(C(=O)c2ccccc2)c1. The number of nitrogens with zero attached hydrogens (tertiary/aromatic N) is 1. The number of urea groups is 1. The lowest BCUT2D eigenvalue weighted by atomic mass is 10.0. The Morgan fingerprint density at radius 3 is 2.20 bits per heavy atom. The maximum Gasteiger partial charge on any atom is 0.321 e. The van der Waals surface area contributed by atoms with E-state index in [1.54, 1.807) is 50.5 Å². The molecule has 102 valence electrons. The molecule has 0 aliphatic heterocycles. The quantitative estimate of drug-likeness (QED) is 0.870. The number of carbonyl (C=O) groups is 2. The Labute approximate surface area is 118 Å². The number of rotatable bonds is 3. The van der Waals surface area contributed by atoms with E-state index in [4.69, 9.17) is 0 Å². The normalized spacial score (nSPS) is 9.90. The lowest BCUT2D eigenvalue weighted by molar-refractivity contribution is 0.103. The monoisotopic (exact) mass is 268 g/mol. The van der Waals surface area contributed by atoms with Gasteiger partial charge in [0, 0.05) is 30.9 Å². The van der Waals surface area contributed by atoms with Crippen molar-refractivity contribution in [1.29, 1.82) is 0 Å². The summed E-state index contributed by atoms with van der Waals surface area (Å²) < 4.78 is 0. The maximum atomic E-state index is 12.3. The van der Waals surface area contributed by atoms with Crippen LogP contribution >= 0.6 is 0 Å². The van der Waals surface area contributed by atoms with Crippen molar-refractivity contribution in [2.45, 2.75) is 0 Å². The topological polar surface area (TPSA) is 49.4 Å². The molecule has 0 unspecified atom stereocenters. The Kier molecular flexibility index (Phi) is 4.15. The first-order valence-electron chi connectivity index (χ1n) is 6.26. The zero-order valence-corrected chi connectivity index (χ0v) is 11.5. The van der Waals surface area contributed by atoms with Crippen molar-refractivity contribution in [3.05, 3.63) is 65.7 Å². The van der Waals surface area contributed by atoms with Crippen LogP contribution in [0.4, 0.5) is 10.5 Å². The molecular formula is C16H16N2O2. The van der Waals surface area contributed by atoms with Crippen molar-refractivity contribution in [2.75, 3.05) is 19.4 Å². The smallest absolute Gasteiger partial charge is 0.321 e. The molecule has 0 heterocycles. The van der Waals surface area contributed by atoms with E-state index in [9.17, 15) is 9.59 Å². The second-order valence-corrected chi connectivity index (χ2v) is 4.60. The van der Waals surface area contributed by atoms with Crippen molar-refractivity contribution < 1.29 is 9.59 Å². The Hall–Kier alpha value is -2.62. The average Bonchev–Trinajstić information content (AvgIpc) is 2.47. The molecule has 4 nitrogen and oxygen atoms in total. The van der Waals surface area contributed by atoms with Gasteiger partial charge >= 0.3 is 6.03 Å². The highest BCUT2D eigenvalue weighted by atomic mass is 16.2. The molecule has 0 spiro atoms. The van der Waals surface area contributed by atoms with Crippen LogP contribution in [0.15, 0.2) is 54.6 Å². The highest BCUT2D eigenvalue weighted by molar-refractivity contribution is 6.09. The third-order valence-corrected chi connectivity index (χ3v) is 2.82. The fraction of sp³-hybridized carbons (Fsp3) is 0.125. The summed E-state index contributed by atoms with van der Waals surface area (Å²) in [6.45, 7) is 0. The number of carbonyl (C=O) groups excluding carboxylic acids is 2. The largest absolute Gasteiger partial charge is 0.331 e. The van der Waals surface area contributed by atoms with E-state index < -0.39 is 0 Å². The Balaban J connectivity index is 2.22. The molecule has 0 radical (unpaired) electrons. The van der Waals surface area contributed by atoms with E-state index in [1.165, 1.54) is 4.90 Å². The van der Waals surface area contributed by atoms with Crippen molar-refractivity contribution in [3.8, 4) is 0 Å². The number of anilines is 1. The van der Waals surface area contributed by atoms with E-state index >= 15 is 0 Å². The summed E-state index contributed by atoms with van der Waals surface area (Å²) in [5.74, 6) is -0.0634. The molecule has 20 heavy (non-hydrogen) atoms. The number of hydrogen-bond acceptors (Lipinski definition) is 2. The molecule has 0 saturated heterocycles. The predicted octanol–water partition coefficient (Wildman–Crippen LogP) is 3.01. The number of nitrogens with one attached hydrogen (secondary N) is 1. The zero-order chi connectivity index (χ0) is 14.5. The molecule has 2 amide bonds. The van der Waals surface area contributed by atoms with Crippen molar-refractivity contribution in [1.82, 2.24) is 4.90 Å². The molecule has 0 aromatic heterocycles. The molecule has 0 fully saturated rings. The van der Waals surface area contributed by atoms with E-state index in [0.29, 0.717) is 16.8 Å². The van der Waals surface area contributed by atoms with E-state index in [-0.39, 0.29) is 11.8 Å². The number of ketones is 1. The molecule has 0 saturated carbocycles. The van der Waals surface area contributed by atoms with E-state index in [2.05, 4.69) is 5.32 Å². The Bertz CT molecular complexity index is 621. The van der Waals surface area contributed by atoms with Crippen LogP contribution in [0.25, 0.3) is 0 Å². The fourth-order valence-electron chi connectivity index (χ4n) is 1.73. The van der Waals surface area contributed by atoms with Crippen LogP contribution in [0.3, 0.4) is 0 Å². The van der Waals surface area contributed by atoms with Crippen LogP contribution in [-0.2, 0) is 0 Å². The van der Waals surface area contributed by atoms with Crippen LogP contribution in [0.2, 0.25) is 0 Å². The van der Waals surface area contributed by atoms with E-state index in [0.717, 1.165) is 0 Å². The highest BCUT2D eigenvalue weighted by Crippen LogP contribution is 2.15. The number of amides is 2. The van der Waals surface area contributed by atoms with Gasteiger partial charge in [0.2, 0.25) is 0 Å².